The number of phenols is 2. The molecular weight excluding hydrogens is 273 g/mol. The SMILES string of the molecule is Oc1ccc(C=Nc2ccc(Cl)cc2Cl)c(O)c1. The van der Waals surface area contributed by atoms with Crippen molar-refractivity contribution in [2.24, 2.45) is 4.99 Å². The van der Waals surface area contributed by atoms with Gasteiger partial charge in [0, 0.05) is 22.9 Å². The lowest BCUT2D eigenvalue weighted by Gasteiger charge is -2.00. The molecule has 0 aliphatic carbocycles. The quantitative estimate of drug-likeness (QED) is 0.813. The molecule has 2 aromatic carbocycles. The molecule has 2 aromatic rings. The van der Waals surface area contributed by atoms with Gasteiger partial charge in [-0.05, 0) is 30.3 Å². The van der Waals surface area contributed by atoms with Crippen LogP contribution in [0.2, 0.25) is 10.0 Å². The molecule has 0 radical (unpaired) electrons. The van der Waals surface area contributed by atoms with Gasteiger partial charge in [-0.25, -0.2) is 0 Å². The first-order chi connectivity index (χ1) is 8.56. The Morgan fingerprint density at radius 1 is 1.00 bits per heavy atom. The van der Waals surface area contributed by atoms with Crippen LogP contribution in [-0.2, 0) is 0 Å². The van der Waals surface area contributed by atoms with Gasteiger partial charge in [-0.1, -0.05) is 23.2 Å². The molecule has 5 heteroatoms. The minimum Gasteiger partial charge on any atom is -0.508 e. The summed E-state index contributed by atoms with van der Waals surface area (Å²) in [6, 6.07) is 9.20. The predicted molar refractivity (Wildman–Crippen MR) is 73.5 cm³/mol. The van der Waals surface area contributed by atoms with Crippen molar-refractivity contribution in [3.8, 4) is 11.5 Å². The summed E-state index contributed by atoms with van der Waals surface area (Å²) in [4.78, 5) is 4.15. The highest BCUT2D eigenvalue weighted by Gasteiger charge is 2.01. The Bertz CT molecular complexity index is 558. The van der Waals surface area contributed by atoms with Crippen LogP contribution in [0.15, 0.2) is 41.4 Å². The van der Waals surface area contributed by atoms with Gasteiger partial charge in [-0.15, -0.1) is 0 Å². The lowest BCUT2D eigenvalue weighted by atomic mass is 10.2. The minimum atomic E-state index is -0.0520. The molecule has 2 N–H and O–H groups in total. The second-order valence-corrected chi connectivity index (χ2v) is 4.44. The van der Waals surface area contributed by atoms with Gasteiger partial charge in [0.2, 0.25) is 0 Å². The monoisotopic (exact) mass is 281 g/mol. The molecule has 0 spiro atoms. The second-order valence-electron chi connectivity index (χ2n) is 3.60. The van der Waals surface area contributed by atoms with Crippen LogP contribution in [0.5, 0.6) is 11.5 Å². The number of aromatic hydroxyl groups is 2. The summed E-state index contributed by atoms with van der Waals surface area (Å²) in [6.07, 6.45) is 1.46. The normalized spacial score (nSPS) is 11.0. The van der Waals surface area contributed by atoms with Crippen LogP contribution in [0.25, 0.3) is 0 Å². The molecule has 0 heterocycles. The van der Waals surface area contributed by atoms with Crippen molar-refractivity contribution in [3.05, 3.63) is 52.0 Å². The Kier molecular flexibility index (Phi) is 3.75. The Labute approximate surface area is 114 Å². The van der Waals surface area contributed by atoms with E-state index in [1.807, 2.05) is 0 Å². The fraction of sp³-hybridized carbons (Fsp3) is 0. The van der Waals surface area contributed by atoms with Crippen LogP contribution in [0.4, 0.5) is 5.69 Å². The van der Waals surface area contributed by atoms with Crippen molar-refractivity contribution in [1.29, 1.82) is 0 Å². The highest BCUT2D eigenvalue weighted by molar-refractivity contribution is 6.36. The van der Waals surface area contributed by atoms with E-state index in [2.05, 4.69) is 4.99 Å². The zero-order valence-electron chi connectivity index (χ0n) is 9.14. The van der Waals surface area contributed by atoms with Crippen molar-refractivity contribution in [3.63, 3.8) is 0 Å². The lowest BCUT2D eigenvalue weighted by molar-refractivity contribution is 0.450. The Morgan fingerprint density at radius 2 is 1.78 bits per heavy atom. The number of phenolic OH excluding ortho intramolecular Hbond substituents is 2. The first-order valence-corrected chi connectivity index (χ1v) is 5.83. The summed E-state index contributed by atoms with van der Waals surface area (Å²) in [6.45, 7) is 0. The molecule has 18 heavy (non-hydrogen) atoms. The summed E-state index contributed by atoms with van der Waals surface area (Å²) in [7, 11) is 0. The van der Waals surface area contributed by atoms with Gasteiger partial charge < -0.3 is 10.2 Å². The lowest BCUT2D eigenvalue weighted by Crippen LogP contribution is -1.82. The highest BCUT2D eigenvalue weighted by atomic mass is 35.5. The van der Waals surface area contributed by atoms with Crippen LogP contribution < -0.4 is 0 Å². The number of aliphatic imine (C=N–C) groups is 1. The van der Waals surface area contributed by atoms with Crippen LogP contribution in [-0.4, -0.2) is 16.4 Å². The summed E-state index contributed by atoms with van der Waals surface area (Å²) in [5.41, 5.74) is 1.03. The molecule has 0 aliphatic heterocycles. The smallest absolute Gasteiger partial charge is 0.128 e. The molecule has 92 valence electrons. The molecule has 0 unspecified atom stereocenters. The number of nitrogens with zero attached hydrogens (tertiary/aromatic N) is 1. The summed E-state index contributed by atoms with van der Waals surface area (Å²) in [5.74, 6) is -0.0574. The molecule has 0 bridgehead atoms. The minimum absolute atomic E-state index is 0.00539. The second kappa shape index (κ2) is 5.29. The van der Waals surface area contributed by atoms with Crippen LogP contribution >= 0.6 is 23.2 Å². The average Bonchev–Trinajstić information content (AvgIpc) is 2.30. The molecule has 2 rings (SSSR count). The maximum absolute atomic E-state index is 9.58. The molecule has 0 saturated carbocycles. The van der Waals surface area contributed by atoms with Crippen LogP contribution in [0.1, 0.15) is 5.56 Å². The maximum Gasteiger partial charge on any atom is 0.128 e. The molecular formula is C13H9Cl2NO2. The zero-order chi connectivity index (χ0) is 13.1. The number of benzene rings is 2. The largest absolute Gasteiger partial charge is 0.508 e. The Hall–Kier alpha value is -1.71. The fourth-order valence-electron chi connectivity index (χ4n) is 1.37. The Morgan fingerprint density at radius 3 is 2.44 bits per heavy atom. The zero-order valence-corrected chi connectivity index (χ0v) is 10.7. The van der Waals surface area contributed by atoms with Gasteiger partial charge in [0.05, 0.1) is 10.7 Å². The van der Waals surface area contributed by atoms with Gasteiger partial charge in [0.1, 0.15) is 11.5 Å². The summed E-state index contributed by atoms with van der Waals surface area (Å²) >= 11 is 11.7. The van der Waals surface area contributed by atoms with Gasteiger partial charge >= 0.3 is 0 Å². The van der Waals surface area contributed by atoms with E-state index < -0.39 is 0 Å². The van der Waals surface area contributed by atoms with Gasteiger partial charge in [0.15, 0.2) is 0 Å². The highest BCUT2D eigenvalue weighted by Crippen LogP contribution is 2.28. The van der Waals surface area contributed by atoms with Gasteiger partial charge in [-0.2, -0.15) is 0 Å². The summed E-state index contributed by atoms with van der Waals surface area (Å²) < 4.78 is 0. The van der Waals surface area contributed by atoms with Crippen LogP contribution in [0, 0.1) is 0 Å². The number of rotatable bonds is 2. The van der Waals surface area contributed by atoms with E-state index in [0.717, 1.165) is 0 Å². The first kappa shape index (κ1) is 12.7. The van der Waals surface area contributed by atoms with Crippen LogP contribution in [0.3, 0.4) is 0 Å². The number of halogens is 2. The molecule has 0 aliphatic rings. The third kappa shape index (κ3) is 2.94. The molecule has 3 nitrogen and oxygen atoms in total. The molecule has 0 aromatic heterocycles. The van der Waals surface area contributed by atoms with Crippen molar-refractivity contribution >= 4 is 35.1 Å². The topological polar surface area (TPSA) is 52.8 Å². The number of hydrogen-bond donors (Lipinski definition) is 2. The Balaban J connectivity index is 2.30. The molecule has 0 saturated heterocycles. The summed E-state index contributed by atoms with van der Waals surface area (Å²) in [5, 5.41) is 19.7. The molecule has 0 atom stereocenters. The van der Waals surface area contributed by atoms with Crippen molar-refractivity contribution in [2.45, 2.75) is 0 Å². The third-order valence-corrected chi connectivity index (χ3v) is 2.80. The standard InChI is InChI=1S/C13H9Cl2NO2/c14-9-2-4-12(11(15)5-9)16-7-8-1-3-10(17)6-13(8)18/h1-7,17-18H. The van der Waals surface area contributed by atoms with E-state index in [1.54, 1.807) is 24.3 Å². The number of hydrogen-bond acceptors (Lipinski definition) is 3. The maximum atomic E-state index is 9.58. The molecule has 0 fully saturated rings. The van der Waals surface area contributed by atoms with Crippen molar-refractivity contribution in [2.75, 3.05) is 0 Å². The first-order valence-electron chi connectivity index (χ1n) is 5.07. The van der Waals surface area contributed by atoms with E-state index in [0.29, 0.717) is 21.3 Å². The van der Waals surface area contributed by atoms with Gasteiger partial charge in [-0.3, -0.25) is 4.99 Å². The van der Waals surface area contributed by atoms with Crippen molar-refractivity contribution < 1.29 is 10.2 Å². The van der Waals surface area contributed by atoms with E-state index in [4.69, 9.17) is 28.3 Å². The third-order valence-electron chi connectivity index (χ3n) is 2.27. The predicted octanol–water partition coefficient (Wildman–Crippen LogP) is 4.16. The van der Waals surface area contributed by atoms with E-state index in [1.165, 1.54) is 18.3 Å². The average molecular weight is 282 g/mol. The van der Waals surface area contributed by atoms with Gasteiger partial charge in [0.25, 0.3) is 0 Å². The molecule has 0 amide bonds. The fourth-order valence-corrected chi connectivity index (χ4v) is 1.82. The van der Waals surface area contributed by atoms with E-state index >= 15 is 0 Å². The van der Waals surface area contributed by atoms with Crippen molar-refractivity contribution in [1.82, 2.24) is 0 Å². The van der Waals surface area contributed by atoms with E-state index in [-0.39, 0.29) is 11.5 Å². The van der Waals surface area contributed by atoms with E-state index in [9.17, 15) is 5.11 Å².